The fraction of sp³-hybridized carbons (Fsp3) is 1.00. The van der Waals surface area contributed by atoms with Gasteiger partial charge in [0.15, 0.2) is 0 Å². The molecule has 0 aliphatic heterocycles. The highest BCUT2D eigenvalue weighted by Gasteiger charge is 2.45. The summed E-state index contributed by atoms with van der Waals surface area (Å²) < 4.78 is 3.22. The maximum absolute atomic E-state index is 5.97. The molecule has 0 saturated carbocycles. The molecule has 0 N–H and O–H groups in total. The Labute approximate surface area is 188 Å². The number of rotatable bonds is 17. The lowest BCUT2D eigenvalue weighted by Gasteiger charge is -2.52. The number of hydrogen-bond acceptors (Lipinski definition) is 1. The van der Waals surface area contributed by atoms with Gasteiger partial charge in [-0.1, -0.05) is 73.6 Å². The van der Waals surface area contributed by atoms with Crippen molar-refractivity contribution >= 4 is 55.7 Å². The smallest absolute Gasteiger partial charge is 0.341 e. The average molecular weight is 491 g/mol. The molecule has 0 radical (unpaired) electrons. The van der Waals surface area contributed by atoms with Crippen LogP contribution in [-0.4, -0.2) is 33.2 Å². The topological polar surface area (TPSA) is 3.24 Å². The van der Waals surface area contributed by atoms with Gasteiger partial charge in [0.1, 0.15) is 16.5 Å². The van der Waals surface area contributed by atoms with Crippen LogP contribution in [0.2, 0.25) is 42.3 Å². The van der Waals surface area contributed by atoms with Gasteiger partial charge in [-0.05, 0) is 55.3 Å². The molecule has 0 aromatic carbocycles. The van der Waals surface area contributed by atoms with Crippen LogP contribution in [0.5, 0.6) is 0 Å². The predicted molar refractivity (Wildman–Crippen MR) is 137 cm³/mol. The first-order chi connectivity index (χ1) is 12.7. The second kappa shape index (κ2) is 14.5. The molecule has 0 aromatic rings. The van der Waals surface area contributed by atoms with E-state index in [1.807, 2.05) is 0 Å². The largest absolute Gasteiger partial charge is 0.345 e. The van der Waals surface area contributed by atoms with Crippen LogP contribution in [-0.2, 0) is 0 Å². The van der Waals surface area contributed by atoms with E-state index < -0.39 is 22.5 Å². The molecule has 27 heavy (non-hydrogen) atoms. The number of hydrogen-bond donors (Lipinski definition) is 0. The van der Waals surface area contributed by atoms with Crippen LogP contribution in [0.4, 0.5) is 0 Å². The zero-order valence-electron chi connectivity index (χ0n) is 19.0. The quantitative estimate of drug-likeness (QED) is 0.111. The van der Waals surface area contributed by atoms with Crippen LogP contribution in [0.3, 0.4) is 0 Å². The molecule has 0 aromatic heterocycles. The second-order valence-corrected chi connectivity index (χ2v) is 28.2. The van der Waals surface area contributed by atoms with Crippen LogP contribution in [0.25, 0.3) is 0 Å². The van der Waals surface area contributed by atoms with Crippen LogP contribution < -0.4 is 0 Å². The second-order valence-electron chi connectivity index (χ2n) is 8.21. The number of unbranched alkanes of at least 4 members (excludes halogenated alkanes) is 5. The molecule has 0 amide bonds. The molecule has 0 bridgehead atoms. The van der Waals surface area contributed by atoms with Crippen molar-refractivity contribution in [3.63, 3.8) is 0 Å². The Balaban J connectivity index is 4.71. The summed E-state index contributed by atoms with van der Waals surface area (Å²) in [4.78, 5) is 0. The molecule has 7 heteroatoms. The van der Waals surface area contributed by atoms with Crippen LogP contribution in [0, 0.1) is 0 Å². The van der Waals surface area contributed by atoms with E-state index in [-0.39, 0.29) is 0 Å². The Morgan fingerprint density at radius 2 is 0.852 bits per heavy atom. The van der Waals surface area contributed by atoms with Crippen molar-refractivity contribution in [1.29, 1.82) is 0 Å². The molecular weight excluding hydrogens is 445 g/mol. The highest BCUT2D eigenvalue weighted by molar-refractivity contribution is 7.64. The summed E-state index contributed by atoms with van der Waals surface area (Å²) in [6.07, 6.45) is 7.69. The third kappa shape index (κ3) is 9.44. The highest BCUT2D eigenvalue weighted by Crippen LogP contribution is 2.36. The zero-order valence-corrected chi connectivity index (χ0v) is 24.2. The fourth-order valence-corrected chi connectivity index (χ4v) is 20.2. The first kappa shape index (κ1) is 28.5. The van der Waals surface area contributed by atoms with Crippen molar-refractivity contribution in [3.05, 3.63) is 0 Å². The van der Waals surface area contributed by atoms with E-state index >= 15 is 0 Å². The Hall–Kier alpha value is 1.48. The molecule has 1 nitrogen and oxygen atoms in total. The Morgan fingerprint density at radius 3 is 1.19 bits per heavy atom. The normalized spacial score (nSPS) is 13.6. The van der Waals surface area contributed by atoms with E-state index in [1.54, 1.807) is 0 Å². The van der Waals surface area contributed by atoms with E-state index in [9.17, 15) is 0 Å². The van der Waals surface area contributed by atoms with Crippen LogP contribution >= 0.6 is 33.2 Å². The lowest BCUT2D eigenvalue weighted by Crippen LogP contribution is -2.66. The van der Waals surface area contributed by atoms with Gasteiger partial charge >= 0.3 is 6.00 Å². The van der Waals surface area contributed by atoms with Gasteiger partial charge in [0.05, 0.1) is 0 Å². The van der Waals surface area contributed by atoms with Gasteiger partial charge in [-0.2, -0.15) is 0 Å². The standard InChI is InChI=1S/C20H46Cl3NSi3/c1-7-25(8-2,9-3)24(26(10-4,11-5)12-6)19-17-15-13-14-16-18-20-27(21,22)23/h7-20H2,1-6H3. The van der Waals surface area contributed by atoms with Crippen LogP contribution in [0.1, 0.15) is 80.1 Å². The summed E-state index contributed by atoms with van der Waals surface area (Å²) in [6.45, 7) is 16.2. The summed E-state index contributed by atoms with van der Waals surface area (Å²) in [5.41, 5.74) is 0. The Morgan fingerprint density at radius 1 is 0.519 bits per heavy atom. The number of nitrogens with zero attached hydrogens (tertiary/aromatic N) is 1. The van der Waals surface area contributed by atoms with Crippen molar-refractivity contribution in [2.45, 2.75) is 122 Å². The Kier molecular flexibility index (Phi) is 15.3. The molecule has 0 aliphatic rings. The molecule has 0 spiro atoms. The van der Waals surface area contributed by atoms with Crippen molar-refractivity contribution in [2.75, 3.05) is 6.54 Å². The summed E-state index contributed by atoms with van der Waals surface area (Å²) in [5.74, 6) is 0. The third-order valence-corrected chi connectivity index (χ3v) is 23.3. The van der Waals surface area contributed by atoms with E-state index in [2.05, 4.69) is 45.8 Å². The SMILES string of the molecule is CC[Si](CC)(CC)N(CCCCCCCC[Si](Cl)(Cl)Cl)[Si](CC)(CC)CC. The van der Waals surface area contributed by atoms with E-state index in [0.717, 1.165) is 12.5 Å². The molecule has 0 fully saturated rings. The summed E-state index contributed by atoms with van der Waals surface area (Å²) >= 11 is 17.9. The van der Waals surface area contributed by atoms with E-state index in [4.69, 9.17) is 33.2 Å². The minimum Gasteiger partial charge on any atom is -0.345 e. The molecule has 164 valence electrons. The highest BCUT2D eigenvalue weighted by atomic mass is 35.8. The maximum atomic E-state index is 5.97. The van der Waals surface area contributed by atoms with Gasteiger partial charge in [-0.25, -0.2) is 0 Å². The maximum Gasteiger partial charge on any atom is 0.341 e. The molecule has 0 aliphatic carbocycles. The predicted octanol–water partition coefficient (Wildman–Crippen LogP) is 9.29. The van der Waals surface area contributed by atoms with Gasteiger partial charge in [-0.15, -0.1) is 33.2 Å². The van der Waals surface area contributed by atoms with Gasteiger partial charge in [0.25, 0.3) is 0 Å². The molecule has 0 atom stereocenters. The zero-order chi connectivity index (χ0) is 21.0. The molecule has 0 rings (SSSR count). The monoisotopic (exact) mass is 489 g/mol. The van der Waals surface area contributed by atoms with Crippen molar-refractivity contribution < 1.29 is 0 Å². The third-order valence-electron chi connectivity index (χ3n) is 7.19. The fourth-order valence-electron chi connectivity index (χ4n) is 4.93. The summed E-state index contributed by atoms with van der Waals surface area (Å²) in [5, 5.41) is 0. The first-order valence-corrected chi connectivity index (χ1v) is 21.9. The van der Waals surface area contributed by atoms with Crippen molar-refractivity contribution in [2.24, 2.45) is 0 Å². The summed E-state index contributed by atoms with van der Waals surface area (Å²) in [7, 11) is -2.58. The van der Waals surface area contributed by atoms with Gasteiger partial charge in [0.2, 0.25) is 0 Å². The lowest BCUT2D eigenvalue weighted by molar-refractivity contribution is 0.514. The molecular formula is C20H46Cl3NSi3. The minimum atomic E-state index is -2.40. The van der Waals surface area contributed by atoms with E-state index in [1.165, 1.54) is 74.9 Å². The van der Waals surface area contributed by atoms with E-state index in [0.29, 0.717) is 0 Å². The molecule has 0 heterocycles. The first-order valence-electron chi connectivity index (χ1n) is 11.5. The molecule has 0 unspecified atom stereocenters. The Bertz CT molecular complexity index is 333. The van der Waals surface area contributed by atoms with Gasteiger partial charge in [0, 0.05) is 0 Å². The van der Waals surface area contributed by atoms with Crippen molar-refractivity contribution in [3.8, 4) is 0 Å². The van der Waals surface area contributed by atoms with Crippen molar-refractivity contribution in [1.82, 2.24) is 4.23 Å². The average Bonchev–Trinajstić information content (AvgIpc) is 2.65. The summed E-state index contributed by atoms with van der Waals surface area (Å²) in [6, 6.07) is 6.98. The minimum absolute atomic E-state index is 0.820. The number of halogens is 3. The van der Waals surface area contributed by atoms with Crippen LogP contribution in [0.15, 0.2) is 0 Å². The van der Waals surface area contributed by atoms with Gasteiger partial charge < -0.3 is 4.23 Å². The molecule has 0 saturated heterocycles. The lowest BCUT2D eigenvalue weighted by atomic mass is 10.1. The van der Waals surface area contributed by atoms with Gasteiger partial charge in [-0.3, -0.25) is 0 Å².